The second kappa shape index (κ2) is 9.44. The van der Waals surface area contributed by atoms with E-state index in [0.717, 1.165) is 22.3 Å². The maximum Gasteiger partial charge on any atom is 0.407 e. The molecule has 3 N–H and O–H groups in total. The molecule has 0 unspecified atom stereocenters. The van der Waals surface area contributed by atoms with Gasteiger partial charge in [-0.15, -0.1) is 0 Å². The first-order valence-corrected chi connectivity index (χ1v) is 10.3. The molecule has 2 amide bonds. The molecule has 0 saturated heterocycles. The lowest BCUT2D eigenvalue weighted by Crippen LogP contribution is -2.34. The van der Waals surface area contributed by atoms with Gasteiger partial charge in [0.15, 0.2) is 0 Å². The summed E-state index contributed by atoms with van der Waals surface area (Å²) in [4.78, 5) is 35.9. The van der Waals surface area contributed by atoms with Gasteiger partial charge in [0.05, 0.1) is 18.4 Å². The van der Waals surface area contributed by atoms with E-state index >= 15 is 0 Å². The van der Waals surface area contributed by atoms with Crippen molar-refractivity contribution in [2.24, 2.45) is 0 Å². The molecule has 3 aromatic carbocycles. The maximum atomic E-state index is 12.3. The molecular weight excluding hydrogens is 424 g/mol. The topological polar surface area (TPSA) is 114 Å². The van der Waals surface area contributed by atoms with Crippen molar-refractivity contribution in [1.29, 1.82) is 0 Å². The molecule has 0 bridgehead atoms. The number of amides is 2. The molecule has 0 fully saturated rings. The van der Waals surface area contributed by atoms with Crippen LogP contribution in [0, 0.1) is 0 Å². The number of hydrogen-bond acceptors (Lipinski definition) is 5. The molecule has 0 atom stereocenters. The average Bonchev–Trinajstić information content (AvgIpc) is 3.15. The number of nitrogens with one attached hydrogen (secondary N) is 2. The van der Waals surface area contributed by atoms with Crippen LogP contribution in [0.5, 0.6) is 5.75 Å². The van der Waals surface area contributed by atoms with Crippen molar-refractivity contribution in [3.8, 4) is 16.9 Å². The Labute approximate surface area is 190 Å². The van der Waals surface area contributed by atoms with E-state index in [9.17, 15) is 19.5 Å². The number of carbonyl (C=O) groups is 3. The standard InChI is InChI=1S/C25H22N2O6/c1-32-15-10-11-20(24(29)30)22(12-15)27-23(28)13-26-25(31)33-14-21-18-8-4-2-6-16(18)17-7-3-5-9-19(17)21/h2-12,21H,13-14H2,1H3,(H,26,31)(H,27,28)(H,29,30). The third kappa shape index (κ3) is 4.64. The summed E-state index contributed by atoms with van der Waals surface area (Å²) < 4.78 is 10.5. The minimum atomic E-state index is -1.20. The van der Waals surface area contributed by atoms with Crippen LogP contribution in [0.15, 0.2) is 66.7 Å². The predicted octanol–water partition coefficient (Wildman–Crippen LogP) is 3.87. The fourth-order valence-electron chi connectivity index (χ4n) is 3.94. The van der Waals surface area contributed by atoms with Gasteiger partial charge in [0, 0.05) is 12.0 Å². The van der Waals surface area contributed by atoms with Gasteiger partial charge >= 0.3 is 12.1 Å². The second-order valence-corrected chi connectivity index (χ2v) is 7.44. The van der Waals surface area contributed by atoms with Gasteiger partial charge < -0.3 is 25.2 Å². The average molecular weight is 446 g/mol. The maximum absolute atomic E-state index is 12.3. The first-order valence-electron chi connectivity index (χ1n) is 10.3. The van der Waals surface area contributed by atoms with Crippen molar-refractivity contribution in [3.05, 3.63) is 83.4 Å². The van der Waals surface area contributed by atoms with Crippen LogP contribution in [0.25, 0.3) is 11.1 Å². The zero-order valence-corrected chi connectivity index (χ0v) is 17.8. The highest BCUT2D eigenvalue weighted by atomic mass is 16.5. The molecule has 4 rings (SSSR count). The molecular formula is C25H22N2O6. The van der Waals surface area contributed by atoms with E-state index in [2.05, 4.69) is 10.6 Å². The Morgan fingerprint density at radius 3 is 2.18 bits per heavy atom. The molecule has 8 heteroatoms. The number of benzene rings is 3. The number of hydrogen-bond donors (Lipinski definition) is 3. The molecule has 0 aliphatic heterocycles. The van der Waals surface area contributed by atoms with Crippen LogP contribution in [0.3, 0.4) is 0 Å². The lowest BCUT2D eigenvalue weighted by molar-refractivity contribution is -0.115. The third-order valence-electron chi connectivity index (χ3n) is 5.47. The summed E-state index contributed by atoms with van der Waals surface area (Å²) in [6.45, 7) is -0.256. The highest BCUT2D eigenvalue weighted by Crippen LogP contribution is 2.44. The van der Waals surface area contributed by atoms with Crippen molar-refractivity contribution < 1.29 is 29.0 Å². The largest absolute Gasteiger partial charge is 0.497 e. The Bertz CT molecular complexity index is 1180. The van der Waals surface area contributed by atoms with Gasteiger partial charge in [0.2, 0.25) is 5.91 Å². The summed E-state index contributed by atoms with van der Waals surface area (Å²) >= 11 is 0. The Morgan fingerprint density at radius 1 is 0.939 bits per heavy atom. The molecule has 1 aliphatic carbocycles. The van der Waals surface area contributed by atoms with Crippen molar-refractivity contribution >= 4 is 23.7 Å². The third-order valence-corrected chi connectivity index (χ3v) is 5.47. The van der Waals surface area contributed by atoms with Crippen molar-refractivity contribution in [2.45, 2.75) is 5.92 Å². The van der Waals surface area contributed by atoms with Gasteiger partial charge in [0.25, 0.3) is 0 Å². The van der Waals surface area contributed by atoms with E-state index in [1.54, 1.807) is 0 Å². The summed E-state index contributed by atoms with van der Waals surface area (Å²) in [5.74, 6) is -1.50. The van der Waals surface area contributed by atoms with Gasteiger partial charge in [-0.2, -0.15) is 0 Å². The van der Waals surface area contributed by atoms with E-state index < -0.39 is 18.0 Å². The van der Waals surface area contributed by atoms with Gasteiger partial charge in [0.1, 0.15) is 18.9 Å². The molecule has 3 aromatic rings. The van der Waals surface area contributed by atoms with E-state index in [1.165, 1.54) is 25.3 Å². The monoisotopic (exact) mass is 446 g/mol. The number of carboxylic acid groups (broad SMARTS) is 1. The van der Waals surface area contributed by atoms with Crippen LogP contribution >= 0.6 is 0 Å². The highest BCUT2D eigenvalue weighted by Gasteiger charge is 2.29. The molecule has 0 spiro atoms. The van der Waals surface area contributed by atoms with Crippen molar-refractivity contribution in [2.75, 3.05) is 25.6 Å². The zero-order valence-electron chi connectivity index (χ0n) is 17.8. The van der Waals surface area contributed by atoms with Crippen LogP contribution in [-0.4, -0.2) is 43.3 Å². The summed E-state index contributed by atoms with van der Waals surface area (Å²) in [7, 11) is 1.43. The van der Waals surface area contributed by atoms with Crippen molar-refractivity contribution in [1.82, 2.24) is 5.32 Å². The summed E-state index contributed by atoms with van der Waals surface area (Å²) in [6, 6.07) is 20.2. The highest BCUT2D eigenvalue weighted by molar-refractivity contribution is 6.01. The van der Waals surface area contributed by atoms with Crippen LogP contribution in [0.4, 0.5) is 10.5 Å². The number of methoxy groups -OCH3 is 1. The number of aromatic carboxylic acids is 1. The van der Waals surface area contributed by atoms with E-state index in [4.69, 9.17) is 9.47 Å². The van der Waals surface area contributed by atoms with Crippen LogP contribution in [0.2, 0.25) is 0 Å². The van der Waals surface area contributed by atoms with Gasteiger partial charge in [-0.3, -0.25) is 4.79 Å². The SMILES string of the molecule is COc1ccc(C(=O)O)c(NC(=O)CNC(=O)OCC2c3ccccc3-c3ccccc32)c1. The Kier molecular flexibility index (Phi) is 6.26. The van der Waals surface area contributed by atoms with Gasteiger partial charge in [-0.05, 0) is 34.4 Å². The molecule has 0 saturated carbocycles. The predicted molar refractivity (Wildman–Crippen MR) is 122 cm³/mol. The molecule has 0 radical (unpaired) electrons. The second-order valence-electron chi connectivity index (χ2n) is 7.44. The Morgan fingerprint density at radius 2 is 1.58 bits per heavy atom. The van der Waals surface area contributed by atoms with E-state index in [1.807, 2.05) is 48.5 Å². The van der Waals surface area contributed by atoms with Crippen LogP contribution in [-0.2, 0) is 9.53 Å². The van der Waals surface area contributed by atoms with Gasteiger partial charge in [-0.25, -0.2) is 9.59 Å². The Balaban J connectivity index is 1.34. The number of fused-ring (bicyclic) bond motifs is 3. The quantitative estimate of drug-likeness (QED) is 0.508. The zero-order chi connectivity index (χ0) is 23.4. The van der Waals surface area contributed by atoms with Crippen molar-refractivity contribution in [3.63, 3.8) is 0 Å². The number of alkyl carbamates (subject to hydrolysis) is 1. The van der Waals surface area contributed by atoms with E-state index in [-0.39, 0.29) is 30.3 Å². The van der Waals surface area contributed by atoms with E-state index in [0.29, 0.717) is 5.75 Å². The number of ether oxygens (including phenoxy) is 2. The number of anilines is 1. The smallest absolute Gasteiger partial charge is 0.407 e. The first kappa shape index (κ1) is 21.9. The number of carboxylic acids is 1. The normalized spacial score (nSPS) is 11.8. The minimum Gasteiger partial charge on any atom is -0.497 e. The van der Waals surface area contributed by atoms with Crippen LogP contribution < -0.4 is 15.4 Å². The summed E-state index contributed by atoms with van der Waals surface area (Å²) in [5, 5.41) is 14.2. The fourth-order valence-corrected chi connectivity index (χ4v) is 3.94. The summed E-state index contributed by atoms with van der Waals surface area (Å²) in [5.41, 5.74) is 4.39. The number of rotatable bonds is 7. The molecule has 1 aliphatic rings. The molecule has 33 heavy (non-hydrogen) atoms. The number of carbonyl (C=O) groups excluding carboxylic acids is 2. The molecule has 8 nitrogen and oxygen atoms in total. The molecule has 0 heterocycles. The lowest BCUT2D eigenvalue weighted by Gasteiger charge is -2.15. The Hall–Kier alpha value is -4.33. The minimum absolute atomic E-state index is 0.0705. The molecule has 168 valence electrons. The lowest BCUT2D eigenvalue weighted by atomic mass is 9.98. The summed E-state index contributed by atoms with van der Waals surface area (Å²) in [6.07, 6.45) is -0.740. The fraction of sp³-hybridized carbons (Fsp3) is 0.160. The molecule has 0 aromatic heterocycles. The van der Waals surface area contributed by atoms with Crippen LogP contribution in [0.1, 0.15) is 27.4 Å². The first-order chi connectivity index (χ1) is 16.0. The van der Waals surface area contributed by atoms with Gasteiger partial charge in [-0.1, -0.05) is 48.5 Å².